The lowest BCUT2D eigenvalue weighted by Crippen LogP contribution is -2.25. The van der Waals surface area contributed by atoms with Gasteiger partial charge in [0.05, 0.1) is 14.2 Å². The Bertz CT molecular complexity index is 1030. The molecule has 0 unspecified atom stereocenters. The van der Waals surface area contributed by atoms with Crippen molar-refractivity contribution in [2.24, 2.45) is 5.73 Å². The van der Waals surface area contributed by atoms with Crippen LogP contribution in [0.1, 0.15) is 20.9 Å². The van der Waals surface area contributed by atoms with Gasteiger partial charge in [0.2, 0.25) is 5.13 Å². The molecule has 3 rings (SSSR count). The Morgan fingerprint density at radius 3 is 2.48 bits per heavy atom. The number of rotatable bonds is 9. The molecule has 0 spiro atoms. The van der Waals surface area contributed by atoms with Gasteiger partial charge in [-0.15, -0.1) is 22.6 Å². The Kier molecular flexibility index (Phi) is 8.86. The quantitative estimate of drug-likeness (QED) is 0.439. The van der Waals surface area contributed by atoms with E-state index in [4.69, 9.17) is 25.7 Å². The van der Waals surface area contributed by atoms with Gasteiger partial charge in [0.15, 0.2) is 11.5 Å². The summed E-state index contributed by atoms with van der Waals surface area (Å²) in [6.07, 6.45) is 0.549. The third kappa shape index (κ3) is 6.20. The van der Waals surface area contributed by atoms with E-state index in [0.29, 0.717) is 53.2 Å². The number of ether oxygens (including phenoxy) is 3. The van der Waals surface area contributed by atoms with Crippen LogP contribution >= 0.6 is 23.7 Å². The van der Waals surface area contributed by atoms with Gasteiger partial charge >= 0.3 is 0 Å². The molecule has 11 heteroatoms. The smallest absolute Gasteiger partial charge is 0.251 e. The Balaban J connectivity index is 0.00000341. The third-order valence-electron chi connectivity index (χ3n) is 4.24. The molecule has 1 aromatic heterocycles. The van der Waals surface area contributed by atoms with Gasteiger partial charge in [-0.1, -0.05) is 17.4 Å². The van der Waals surface area contributed by atoms with Crippen LogP contribution < -0.4 is 31.0 Å². The summed E-state index contributed by atoms with van der Waals surface area (Å²) >= 11 is 1.30. The first-order valence-electron chi connectivity index (χ1n) is 9.13. The number of nitrogens with one attached hydrogen (secondary N) is 1. The summed E-state index contributed by atoms with van der Waals surface area (Å²) in [4.78, 5) is 12.5. The van der Waals surface area contributed by atoms with Crippen molar-refractivity contribution in [2.45, 2.75) is 13.0 Å². The maximum absolute atomic E-state index is 12.5. The highest BCUT2D eigenvalue weighted by atomic mass is 35.5. The van der Waals surface area contributed by atoms with Gasteiger partial charge in [-0.25, -0.2) is 0 Å². The second kappa shape index (κ2) is 11.3. The molecule has 0 saturated heterocycles. The predicted octanol–water partition coefficient (Wildman–Crippen LogP) is 2.78. The number of hydrogen-bond donors (Lipinski definition) is 3. The van der Waals surface area contributed by atoms with Crippen LogP contribution in [0.2, 0.25) is 0 Å². The van der Waals surface area contributed by atoms with Crippen molar-refractivity contribution in [3.8, 4) is 23.0 Å². The Hall–Kier alpha value is -3.08. The van der Waals surface area contributed by atoms with Gasteiger partial charge in [0, 0.05) is 36.7 Å². The third-order valence-corrected chi connectivity index (χ3v) is 5.05. The Morgan fingerprint density at radius 2 is 1.84 bits per heavy atom. The number of hydrogen-bond acceptors (Lipinski definition) is 9. The average molecular weight is 466 g/mol. The van der Waals surface area contributed by atoms with E-state index in [0.717, 1.165) is 10.6 Å². The van der Waals surface area contributed by atoms with E-state index < -0.39 is 0 Å². The molecule has 3 aromatic rings. The summed E-state index contributed by atoms with van der Waals surface area (Å²) in [6, 6.07) is 10.3. The molecule has 31 heavy (non-hydrogen) atoms. The summed E-state index contributed by atoms with van der Waals surface area (Å²) in [7, 11) is 3.10. The van der Waals surface area contributed by atoms with E-state index in [2.05, 4.69) is 15.5 Å². The van der Waals surface area contributed by atoms with Crippen LogP contribution in [0.15, 0.2) is 36.4 Å². The fourth-order valence-electron chi connectivity index (χ4n) is 2.73. The van der Waals surface area contributed by atoms with E-state index in [-0.39, 0.29) is 18.3 Å². The SMILES string of the molecule is COc1cc(Oc2cc(C(=O)NCCc3nnc(N)s3)ccc2OC)ccc1CN.Cl. The minimum Gasteiger partial charge on any atom is -0.496 e. The predicted molar refractivity (Wildman–Crippen MR) is 122 cm³/mol. The molecule has 0 bridgehead atoms. The summed E-state index contributed by atoms with van der Waals surface area (Å²) in [5.41, 5.74) is 12.6. The van der Waals surface area contributed by atoms with Crippen LogP contribution in [0.5, 0.6) is 23.0 Å². The molecule has 1 heterocycles. The highest BCUT2D eigenvalue weighted by Gasteiger charge is 2.13. The number of nitrogens with zero attached hydrogens (tertiary/aromatic N) is 2. The molecule has 2 aromatic carbocycles. The molecule has 0 saturated carbocycles. The molecule has 0 aliphatic carbocycles. The monoisotopic (exact) mass is 465 g/mol. The molecule has 0 aliphatic rings. The highest BCUT2D eigenvalue weighted by molar-refractivity contribution is 7.15. The van der Waals surface area contributed by atoms with Crippen molar-refractivity contribution in [1.29, 1.82) is 0 Å². The largest absolute Gasteiger partial charge is 0.496 e. The molecular weight excluding hydrogens is 442 g/mol. The molecule has 166 valence electrons. The van der Waals surface area contributed by atoms with Gasteiger partial charge in [-0.3, -0.25) is 4.79 Å². The van der Waals surface area contributed by atoms with Crippen molar-refractivity contribution < 1.29 is 19.0 Å². The van der Waals surface area contributed by atoms with Crippen LogP contribution in [-0.2, 0) is 13.0 Å². The fraction of sp³-hybridized carbons (Fsp3) is 0.250. The lowest BCUT2D eigenvalue weighted by atomic mass is 10.1. The first kappa shape index (κ1) is 24.2. The van der Waals surface area contributed by atoms with Crippen molar-refractivity contribution in [3.63, 3.8) is 0 Å². The average Bonchev–Trinajstić information content (AvgIpc) is 3.18. The van der Waals surface area contributed by atoms with Gasteiger partial charge in [-0.2, -0.15) is 0 Å². The molecule has 5 N–H and O–H groups in total. The molecule has 0 radical (unpaired) electrons. The number of amides is 1. The van der Waals surface area contributed by atoms with Gasteiger partial charge in [-0.05, 0) is 24.3 Å². The van der Waals surface area contributed by atoms with E-state index in [1.807, 2.05) is 6.07 Å². The zero-order chi connectivity index (χ0) is 21.5. The zero-order valence-corrected chi connectivity index (χ0v) is 18.7. The van der Waals surface area contributed by atoms with Crippen LogP contribution in [-0.4, -0.2) is 36.9 Å². The Morgan fingerprint density at radius 1 is 1.06 bits per heavy atom. The lowest BCUT2D eigenvalue weighted by molar-refractivity contribution is 0.0953. The van der Waals surface area contributed by atoms with E-state index in [1.54, 1.807) is 37.4 Å². The van der Waals surface area contributed by atoms with E-state index in [1.165, 1.54) is 18.4 Å². The summed E-state index contributed by atoms with van der Waals surface area (Å²) in [6.45, 7) is 0.763. The molecule has 0 fully saturated rings. The lowest BCUT2D eigenvalue weighted by Gasteiger charge is -2.14. The number of carbonyl (C=O) groups is 1. The number of anilines is 1. The number of methoxy groups -OCH3 is 2. The topological polar surface area (TPSA) is 135 Å². The maximum Gasteiger partial charge on any atom is 0.251 e. The second-order valence-corrected chi connectivity index (χ2v) is 7.28. The van der Waals surface area contributed by atoms with Crippen molar-refractivity contribution in [2.75, 3.05) is 26.5 Å². The summed E-state index contributed by atoms with van der Waals surface area (Å²) in [5, 5.41) is 11.7. The van der Waals surface area contributed by atoms with Gasteiger partial charge < -0.3 is 31.0 Å². The normalized spacial score (nSPS) is 10.2. The zero-order valence-electron chi connectivity index (χ0n) is 17.1. The molecule has 0 aliphatic heterocycles. The summed E-state index contributed by atoms with van der Waals surface area (Å²) in [5.74, 6) is 1.83. The van der Waals surface area contributed by atoms with Gasteiger partial charge in [0.1, 0.15) is 16.5 Å². The molecule has 0 atom stereocenters. The van der Waals surface area contributed by atoms with Crippen molar-refractivity contribution >= 4 is 34.8 Å². The molecular formula is C20H24ClN5O4S. The van der Waals surface area contributed by atoms with E-state index >= 15 is 0 Å². The fourth-order valence-corrected chi connectivity index (χ4v) is 3.34. The minimum atomic E-state index is -0.240. The first-order valence-corrected chi connectivity index (χ1v) is 9.94. The first-order chi connectivity index (χ1) is 14.5. The van der Waals surface area contributed by atoms with Crippen LogP contribution in [0.4, 0.5) is 5.13 Å². The maximum atomic E-state index is 12.5. The number of carbonyl (C=O) groups excluding carboxylic acids is 1. The number of benzene rings is 2. The Labute approximate surface area is 190 Å². The molecule has 9 nitrogen and oxygen atoms in total. The number of nitrogen functional groups attached to an aromatic ring is 1. The number of aromatic nitrogens is 2. The molecule has 1 amide bonds. The number of nitrogens with two attached hydrogens (primary N) is 2. The minimum absolute atomic E-state index is 0. The second-order valence-electron chi connectivity index (χ2n) is 6.19. The van der Waals surface area contributed by atoms with Crippen molar-refractivity contribution in [3.05, 3.63) is 52.5 Å². The van der Waals surface area contributed by atoms with Gasteiger partial charge in [0.25, 0.3) is 5.91 Å². The number of halogens is 1. The highest BCUT2D eigenvalue weighted by Crippen LogP contribution is 2.34. The van der Waals surface area contributed by atoms with Crippen LogP contribution in [0.3, 0.4) is 0 Å². The van der Waals surface area contributed by atoms with Crippen LogP contribution in [0, 0.1) is 0 Å². The van der Waals surface area contributed by atoms with Crippen molar-refractivity contribution in [1.82, 2.24) is 15.5 Å². The standard InChI is InChI=1S/C20H23N5O4S.ClH/c1-27-15-6-4-12(19(26)23-8-7-18-24-25-20(22)30-18)9-17(15)29-14-5-3-13(11-21)16(10-14)28-2;/h3-6,9-10H,7-8,11,21H2,1-2H3,(H2,22,25)(H,23,26);1H. The van der Waals surface area contributed by atoms with E-state index in [9.17, 15) is 4.79 Å². The van der Waals surface area contributed by atoms with Crippen LogP contribution in [0.25, 0.3) is 0 Å². The summed E-state index contributed by atoms with van der Waals surface area (Å²) < 4.78 is 16.7.